The lowest BCUT2D eigenvalue weighted by Crippen LogP contribution is -2.45. The maximum atomic E-state index is 11.7. The molecule has 0 spiro atoms. The number of furan rings is 1. The Bertz CT molecular complexity index is 581. The minimum absolute atomic E-state index is 0.0378. The van der Waals surface area contributed by atoms with Crippen LogP contribution in [0, 0.1) is 5.41 Å². The van der Waals surface area contributed by atoms with Crippen molar-refractivity contribution in [2.75, 3.05) is 7.05 Å². The number of guanidine groups is 1. The van der Waals surface area contributed by atoms with Crippen LogP contribution in [0.15, 0.2) is 53.1 Å². The van der Waals surface area contributed by atoms with Gasteiger partial charge in [0.05, 0.1) is 12.8 Å². The molecule has 2 aromatic rings. The number of carbonyl (C=O) groups is 1. The van der Waals surface area contributed by atoms with E-state index in [1.54, 1.807) is 30.3 Å². The molecule has 0 radical (unpaired) electrons. The molecule has 0 bridgehead atoms. The van der Waals surface area contributed by atoms with Crippen molar-refractivity contribution in [3.8, 4) is 0 Å². The Morgan fingerprint density at radius 1 is 1.24 bits per heavy atom. The molecule has 0 aliphatic rings. The summed E-state index contributed by atoms with van der Waals surface area (Å²) >= 11 is 0. The van der Waals surface area contributed by atoms with E-state index < -0.39 is 6.03 Å². The van der Waals surface area contributed by atoms with Crippen LogP contribution in [0.1, 0.15) is 11.3 Å². The van der Waals surface area contributed by atoms with Gasteiger partial charge in [0.2, 0.25) is 0 Å². The second-order valence-corrected chi connectivity index (χ2v) is 4.58. The topological polar surface area (TPSA) is 81.4 Å². The number of carbonyl (C=O) groups excluding carboxylic acids is 1. The number of hydrogen-bond acceptors (Lipinski definition) is 3. The molecule has 21 heavy (non-hydrogen) atoms. The second-order valence-electron chi connectivity index (χ2n) is 4.58. The Kier molecular flexibility index (Phi) is 4.98. The highest BCUT2D eigenvalue weighted by Crippen LogP contribution is 2.02. The van der Waals surface area contributed by atoms with Crippen LogP contribution in [-0.2, 0) is 13.1 Å². The average Bonchev–Trinajstić information content (AvgIpc) is 2.99. The van der Waals surface area contributed by atoms with E-state index in [0.29, 0.717) is 12.3 Å². The van der Waals surface area contributed by atoms with Gasteiger partial charge in [-0.25, -0.2) is 4.79 Å². The molecule has 1 heterocycles. The lowest BCUT2D eigenvalue weighted by molar-refractivity contribution is 0.242. The van der Waals surface area contributed by atoms with Gasteiger partial charge in [0.15, 0.2) is 5.96 Å². The fourth-order valence-electron chi connectivity index (χ4n) is 1.76. The van der Waals surface area contributed by atoms with Crippen LogP contribution in [0.3, 0.4) is 0 Å². The zero-order valence-electron chi connectivity index (χ0n) is 11.8. The van der Waals surface area contributed by atoms with Crippen LogP contribution in [0.5, 0.6) is 0 Å². The van der Waals surface area contributed by atoms with Gasteiger partial charge in [-0.15, -0.1) is 0 Å². The number of rotatable bonds is 4. The third-order valence-corrected chi connectivity index (χ3v) is 2.88. The Morgan fingerprint density at radius 3 is 2.67 bits per heavy atom. The van der Waals surface area contributed by atoms with E-state index in [2.05, 4.69) is 10.6 Å². The summed E-state index contributed by atoms with van der Waals surface area (Å²) < 4.78 is 5.11. The summed E-state index contributed by atoms with van der Waals surface area (Å²) in [6, 6.07) is 12.9. The first kappa shape index (κ1) is 14.6. The van der Waals surface area contributed by atoms with Crippen molar-refractivity contribution in [3.05, 3.63) is 60.1 Å². The standard InChI is InChI=1S/C15H18N4O2/c1-19(11-12-6-3-2-4-7-12)14(16)18-15(20)17-10-13-8-5-9-21-13/h2-9H,10-11H2,1H3,(H3,16,17,18,20). The summed E-state index contributed by atoms with van der Waals surface area (Å²) in [5.41, 5.74) is 1.07. The molecule has 0 aliphatic heterocycles. The molecule has 0 aliphatic carbocycles. The highest BCUT2D eigenvalue weighted by molar-refractivity contribution is 5.94. The third kappa shape index (κ3) is 4.68. The summed E-state index contributed by atoms with van der Waals surface area (Å²) in [5, 5.41) is 13.0. The fourth-order valence-corrected chi connectivity index (χ4v) is 1.76. The molecule has 6 nitrogen and oxygen atoms in total. The normalized spacial score (nSPS) is 9.95. The first-order valence-electron chi connectivity index (χ1n) is 6.56. The van der Waals surface area contributed by atoms with Gasteiger partial charge < -0.3 is 14.6 Å². The van der Waals surface area contributed by atoms with E-state index in [9.17, 15) is 4.79 Å². The van der Waals surface area contributed by atoms with Crippen molar-refractivity contribution in [2.45, 2.75) is 13.1 Å². The Morgan fingerprint density at radius 2 is 2.00 bits per heavy atom. The van der Waals surface area contributed by atoms with E-state index in [4.69, 9.17) is 9.83 Å². The summed E-state index contributed by atoms with van der Waals surface area (Å²) in [6.45, 7) is 0.840. The van der Waals surface area contributed by atoms with Crippen LogP contribution >= 0.6 is 0 Å². The molecule has 0 unspecified atom stereocenters. The van der Waals surface area contributed by atoms with Gasteiger partial charge in [0.1, 0.15) is 5.76 Å². The molecule has 0 saturated heterocycles. The number of amides is 2. The lowest BCUT2D eigenvalue weighted by Gasteiger charge is -2.20. The van der Waals surface area contributed by atoms with Gasteiger partial charge in [-0.2, -0.15) is 0 Å². The zero-order chi connectivity index (χ0) is 15.1. The van der Waals surface area contributed by atoms with E-state index in [1.807, 2.05) is 30.3 Å². The monoisotopic (exact) mass is 286 g/mol. The zero-order valence-corrected chi connectivity index (χ0v) is 11.8. The number of nitrogens with one attached hydrogen (secondary N) is 3. The number of hydrogen-bond donors (Lipinski definition) is 3. The second kappa shape index (κ2) is 7.14. The highest BCUT2D eigenvalue weighted by atomic mass is 16.3. The minimum Gasteiger partial charge on any atom is -0.467 e. The van der Waals surface area contributed by atoms with Crippen molar-refractivity contribution in [1.82, 2.24) is 15.5 Å². The Labute approximate surface area is 123 Å². The van der Waals surface area contributed by atoms with Gasteiger partial charge in [0.25, 0.3) is 0 Å². The SMILES string of the molecule is CN(Cc1ccccc1)C(=N)NC(=O)NCc1ccco1. The number of benzene rings is 1. The van der Waals surface area contributed by atoms with Gasteiger partial charge in [-0.1, -0.05) is 30.3 Å². The Balaban J connectivity index is 1.76. The van der Waals surface area contributed by atoms with Crippen LogP contribution in [0.2, 0.25) is 0 Å². The number of nitrogens with zero attached hydrogens (tertiary/aromatic N) is 1. The third-order valence-electron chi connectivity index (χ3n) is 2.88. The van der Waals surface area contributed by atoms with E-state index in [0.717, 1.165) is 5.56 Å². The summed E-state index contributed by atoms with van der Waals surface area (Å²) in [7, 11) is 1.75. The Hall–Kier alpha value is -2.76. The van der Waals surface area contributed by atoms with Crippen LogP contribution in [0.4, 0.5) is 4.79 Å². The molecular formula is C15H18N4O2. The molecule has 1 aromatic heterocycles. The maximum Gasteiger partial charge on any atom is 0.321 e. The maximum absolute atomic E-state index is 11.7. The summed E-state index contributed by atoms with van der Waals surface area (Å²) in [5.74, 6) is 0.699. The molecule has 6 heteroatoms. The lowest BCUT2D eigenvalue weighted by atomic mass is 10.2. The fraction of sp³-hybridized carbons (Fsp3) is 0.200. The molecule has 0 fully saturated rings. The molecule has 110 valence electrons. The van der Waals surface area contributed by atoms with E-state index in [-0.39, 0.29) is 12.5 Å². The van der Waals surface area contributed by atoms with Crippen LogP contribution in [-0.4, -0.2) is 23.9 Å². The quantitative estimate of drug-likeness (QED) is 0.595. The van der Waals surface area contributed by atoms with Crippen molar-refractivity contribution in [2.24, 2.45) is 0 Å². The summed E-state index contributed by atoms with van der Waals surface area (Å²) in [6.07, 6.45) is 1.55. The largest absolute Gasteiger partial charge is 0.467 e. The molecule has 1 aromatic carbocycles. The van der Waals surface area contributed by atoms with Gasteiger partial charge in [-0.05, 0) is 17.7 Å². The van der Waals surface area contributed by atoms with Crippen LogP contribution < -0.4 is 10.6 Å². The predicted molar refractivity (Wildman–Crippen MR) is 79.7 cm³/mol. The molecule has 0 atom stereocenters. The average molecular weight is 286 g/mol. The van der Waals surface area contributed by atoms with Gasteiger partial charge in [0, 0.05) is 13.6 Å². The van der Waals surface area contributed by atoms with Crippen molar-refractivity contribution in [1.29, 1.82) is 5.41 Å². The van der Waals surface area contributed by atoms with Crippen molar-refractivity contribution < 1.29 is 9.21 Å². The van der Waals surface area contributed by atoms with Gasteiger partial charge in [-0.3, -0.25) is 10.7 Å². The van der Waals surface area contributed by atoms with E-state index >= 15 is 0 Å². The number of urea groups is 1. The first-order chi connectivity index (χ1) is 10.1. The minimum atomic E-state index is -0.434. The molecule has 2 amide bonds. The highest BCUT2D eigenvalue weighted by Gasteiger charge is 2.09. The van der Waals surface area contributed by atoms with Crippen LogP contribution in [0.25, 0.3) is 0 Å². The molecular weight excluding hydrogens is 268 g/mol. The van der Waals surface area contributed by atoms with Crippen molar-refractivity contribution in [3.63, 3.8) is 0 Å². The molecule has 3 N–H and O–H groups in total. The summed E-state index contributed by atoms with van der Waals surface area (Å²) in [4.78, 5) is 13.3. The first-order valence-corrected chi connectivity index (χ1v) is 6.56. The van der Waals surface area contributed by atoms with E-state index in [1.165, 1.54) is 0 Å². The molecule has 0 saturated carbocycles. The van der Waals surface area contributed by atoms with Crippen molar-refractivity contribution >= 4 is 12.0 Å². The smallest absolute Gasteiger partial charge is 0.321 e. The predicted octanol–water partition coefficient (Wildman–Crippen LogP) is 2.15. The van der Waals surface area contributed by atoms with Gasteiger partial charge >= 0.3 is 6.03 Å². The molecule has 2 rings (SSSR count).